The van der Waals surface area contributed by atoms with Gasteiger partial charge in [0.25, 0.3) is 10.0 Å². The summed E-state index contributed by atoms with van der Waals surface area (Å²) in [6.45, 7) is 5.60. The molecule has 1 heterocycles. The molecule has 148 valence electrons. The number of likely N-dealkylation sites (N-methyl/N-ethyl adjacent to an activating group) is 1. The smallest absolute Gasteiger partial charge is 0.326 e. The first-order valence-electron chi connectivity index (χ1n) is 9.02. The minimum Gasteiger partial charge on any atom is -0.480 e. The third-order valence-electron chi connectivity index (χ3n) is 4.93. The highest BCUT2D eigenvalue weighted by molar-refractivity contribution is 7.90. The van der Waals surface area contributed by atoms with Gasteiger partial charge in [0.15, 0.2) is 0 Å². The fourth-order valence-electron chi connectivity index (χ4n) is 3.52. The average Bonchev–Trinajstić information content (AvgIpc) is 3.06. The van der Waals surface area contributed by atoms with Gasteiger partial charge in [-0.1, -0.05) is 37.6 Å². The summed E-state index contributed by atoms with van der Waals surface area (Å²) >= 11 is 0. The number of carboxylic acids is 1. The van der Waals surface area contributed by atoms with Crippen LogP contribution in [0.4, 0.5) is 5.69 Å². The summed E-state index contributed by atoms with van der Waals surface area (Å²) in [5.74, 6) is -1.03. The molecule has 0 spiro atoms. The standard InChI is InChI=1S/C21H24N2O4S/c1-14(2)20(21(24)25)22(4)18-6-5-7-19-17(18)12-13-23(19)28(26,27)16-10-8-15(3)9-11-16/h5-14,20H,1-4H3,(H,24,25). The average molecular weight is 401 g/mol. The zero-order chi connectivity index (χ0) is 20.6. The van der Waals surface area contributed by atoms with Crippen molar-refractivity contribution in [1.82, 2.24) is 3.97 Å². The number of aliphatic carboxylic acids is 1. The van der Waals surface area contributed by atoms with Gasteiger partial charge in [0.1, 0.15) is 6.04 Å². The van der Waals surface area contributed by atoms with E-state index < -0.39 is 22.0 Å². The number of carbonyl (C=O) groups is 1. The van der Waals surface area contributed by atoms with Crippen molar-refractivity contribution in [2.75, 3.05) is 11.9 Å². The number of benzene rings is 2. The van der Waals surface area contributed by atoms with Gasteiger partial charge in [-0.25, -0.2) is 17.2 Å². The van der Waals surface area contributed by atoms with Crippen LogP contribution in [0.1, 0.15) is 19.4 Å². The maximum absolute atomic E-state index is 13.1. The van der Waals surface area contributed by atoms with E-state index in [0.29, 0.717) is 16.6 Å². The zero-order valence-corrected chi connectivity index (χ0v) is 17.1. The van der Waals surface area contributed by atoms with Crippen molar-refractivity contribution in [3.63, 3.8) is 0 Å². The monoisotopic (exact) mass is 400 g/mol. The van der Waals surface area contributed by atoms with E-state index in [9.17, 15) is 18.3 Å². The van der Waals surface area contributed by atoms with E-state index in [2.05, 4.69) is 0 Å². The molecule has 2 aromatic carbocycles. The van der Waals surface area contributed by atoms with Crippen LogP contribution in [0.2, 0.25) is 0 Å². The lowest BCUT2D eigenvalue weighted by atomic mass is 10.0. The molecule has 1 N–H and O–H groups in total. The molecule has 7 heteroatoms. The fraction of sp³-hybridized carbons (Fsp3) is 0.286. The van der Waals surface area contributed by atoms with E-state index in [1.165, 1.54) is 10.2 Å². The largest absolute Gasteiger partial charge is 0.480 e. The Labute approximate surface area is 165 Å². The molecule has 6 nitrogen and oxygen atoms in total. The molecule has 0 bridgehead atoms. The second-order valence-corrected chi connectivity index (χ2v) is 9.09. The number of aryl methyl sites for hydroxylation is 1. The molecule has 0 radical (unpaired) electrons. The fourth-order valence-corrected chi connectivity index (χ4v) is 4.86. The topological polar surface area (TPSA) is 79.6 Å². The van der Waals surface area contributed by atoms with Gasteiger partial charge in [0, 0.05) is 24.3 Å². The lowest BCUT2D eigenvalue weighted by molar-refractivity contribution is -0.139. The van der Waals surface area contributed by atoms with Crippen LogP contribution in [0.3, 0.4) is 0 Å². The van der Waals surface area contributed by atoms with Gasteiger partial charge < -0.3 is 10.0 Å². The van der Waals surface area contributed by atoms with Crippen molar-refractivity contribution in [2.24, 2.45) is 5.92 Å². The highest BCUT2D eigenvalue weighted by atomic mass is 32.2. The molecular formula is C21H24N2O4S. The van der Waals surface area contributed by atoms with Crippen LogP contribution in [-0.4, -0.2) is 36.6 Å². The number of rotatable bonds is 6. The molecule has 0 saturated heterocycles. The van der Waals surface area contributed by atoms with E-state index in [1.807, 2.05) is 26.8 Å². The molecule has 0 aliphatic carbocycles. The van der Waals surface area contributed by atoms with Crippen LogP contribution in [-0.2, 0) is 14.8 Å². The molecule has 0 saturated carbocycles. The Hall–Kier alpha value is -2.80. The van der Waals surface area contributed by atoms with Crippen molar-refractivity contribution >= 4 is 32.6 Å². The number of carboxylic acid groups (broad SMARTS) is 1. The van der Waals surface area contributed by atoms with Gasteiger partial charge in [-0.2, -0.15) is 0 Å². The summed E-state index contributed by atoms with van der Waals surface area (Å²) in [5.41, 5.74) is 2.17. The molecule has 1 unspecified atom stereocenters. The normalized spacial score (nSPS) is 13.0. The Morgan fingerprint density at radius 1 is 1.07 bits per heavy atom. The number of nitrogens with zero attached hydrogens (tertiary/aromatic N) is 2. The molecule has 0 amide bonds. The lowest BCUT2D eigenvalue weighted by Crippen LogP contribution is -2.42. The third-order valence-corrected chi connectivity index (χ3v) is 6.64. The SMILES string of the molecule is Cc1ccc(S(=O)(=O)n2ccc3c(N(C)C(C(=O)O)C(C)C)cccc32)cc1. The van der Waals surface area contributed by atoms with Crippen molar-refractivity contribution < 1.29 is 18.3 Å². The highest BCUT2D eigenvalue weighted by Crippen LogP contribution is 2.31. The third kappa shape index (κ3) is 3.38. The Balaban J connectivity index is 2.14. The lowest BCUT2D eigenvalue weighted by Gasteiger charge is -2.30. The summed E-state index contributed by atoms with van der Waals surface area (Å²) in [4.78, 5) is 13.6. The number of hydrogen-bond donors (Lipinski definition) is 1. The van der Waals surface area contributed by atoms with Crippen LogP contribution >= 0.6 is 0 Å². The number of hydrogen-bond acceptors (Lipinski definition) is 4. The molecule has 1 aromatic heterocycles. The molecule has 0 aliphatic heterocycles. The highest BCUT2D eigenvalue weighted by Gasteiger charge is 2.28. The molecule has 3 aromatic rings. The number of fused-ring (bicyclic) bond motifs is 1. The zero-order valence-electron chi connectivity index (χ0n) is 16.3. The van der Waals surface area contributed by atoms with Gasteiger partial charge in [-0.05, 0) is 43.2 Å². The quantitative estimate of drug-likeness (QED) is 0.682. The maximum Gasteiger partial charge on any atom is 0.326 e. The van der Waals surface area contributed by atoms with Crippen molar-refractivity contribution in [1.29, 1.82) is 0 Å². The molecule has 28 heavy (non-hydrogen) atoms. The second-order valence-electron chi connectivity index (χ2n) is 7.28. The summed E-state index contributed by atoms with van der Waals surface area (Å²) in [6.07, 6.45) is 1.52. The van der Waals surface area contributed by atoms with Crippen LogP contribution in [0.5, 0.6) is 0 Å². The summed E-state index contributed by atoms with van der Waals surface area (Å²) < 4.78 is 27.5. The van der Waals surface area contributed by atoms with E-state index in [1.54, 1.807) is 54.4 Å². The molecule has 0 fully saturated rings. The molecule has 1 atom stereocenters. The molecule has 3 rings (SSSR count). The minimum absolute atomic E-state index is 0.115. The maximum atomic E-state index is 13.1. The summed E-state index contributed by atoms with van der Waals surface area (Å²) in [7, 11) is -2.03. The van der Waals surface area contributed by atoms with E-state index in [-0.39, 0.29) is 10.8 Å². The second kappa shape index (κ2) is 7.31. The summed E-state index contributed by atoms with van der Waals surface area (Å²) in [6, 6.07) is 13.0. The first-order chi connectivity index (χ1) is 13.1. The van der Waals surface area contributed by atoms with Crippen LogP contribution < -0.4 is 4.90 Å². The Morgan fingerprint density at radius 2 is 1.71 bits per heavy atom. The number of aromatic nitrogens is 1. The van der Waals surface area contributed by atoms with Gasteiger partial charge in [-0.3, -0.25) is 0 Å². The minimum atomic E-state index is -3.75. The predicted octanol–water partition coefficient (Wildman–Crippen LogP) is 3.73. The van der Waals surface area contributed by atoms with Gasteiger partial charge in [0.2, 0.25) is 0 Å². The molecular weight excluding hydrogens is 376 g/mol. The van der Waals surface area contributed by atoms with Crippen LogP contribution in [0.15, 0.2) is 59.6 Å². The first kappa shape index (κ1) is 19.9. The van der Waals surface area contributed by atoms with Gasteiger partial charge in [-0.15, -0.1) is 0 Å². The van der Waals surface area contributed by atoms with Gasteiger partial charge >= 0.3 is 5.97 Å². The Bertz CT molecular complexity index is 1120. The van der Waals surface area contributed by atoms with Crippen molar-refractivity contribution in [2.45, 2.75) is 31.7 Å². The van der Waals surface area contributed by atoms with Gasteiger partial charge in [0.05, 0.1) is 10.4 Å². The van der Waals surface area contributed by atoms with Crippen LogP contribution in [0.25, 0.3) is 10.9 Å². The van der Waals surface area contributed by atoms with E-state index in [4.69, 9.17) is 0 Å². The van der Waals surface area contributed by atoms with Crippen molar-refractivity contribution in [3.8, 4) is 0 Å². The van der Waals surface area contributed by atoms with Crippen LogP contribution in [0, 0.1) is 12.8 Å². The molecule has 0 aliphatic rings. The predicted molar refractivity (Wildman–Crippen MR) is 110 cm³/mol. The summed E-state index contributed by atoms with van der Waals surface area (Å²) in [5, 5.41) is 10.3. The Morgan fingerprint density at radius 3 is 2.29 bits per heavy atom. The van der Waals surface area contributed by atoms with Crippen molar-refractivity contribution in [3.05, 3.63) is 60.3 Å². The first-order valence-corrected chi connectivity index (χ1v) is 10.5. The van der Waals surface area contributed by atoms with E-state index in [0.717, 1.165) is 5.56 Å². The van der Waals surface area contributed by atoms with E-state index >= 15 is 0 Å². The Kier molecular flexibility index (Phi) is 5.21. The number of anilines is 1.